The van der Waals surface area contributed by atoms with Crippen molar-refractivity contribution in [1.29, 1.82) is 0 Å². The largest absolute Gasteiger partial charge is 0.476 e. The summed E-state index contributed by atoms with van der Waals surface area (Å²) < 4.78 is 0.727. The lowest BCUT2D eigenvalue weighted by atomic mass is 9.92. The molecular weight excluding hydrogens is 355 g/mol. The fourth-order valence-corrected chi connectivity index (χ4v) is 3.65. The highest BCUT2D eigenvalue weighted by atomic mass is 35.5. The molecule has 0 fully saturated rings. The minimum absolute atomic E-state index is 0.00294. The van der Waals surface area contributed by atoms with Gasteiger partial charge in [-0.15, -0.1) is 11.3 Å². The molecule has 0 aliphatic rings. The van der Waals surface area contributed by atoms with Gasteiger partial charge in [-0.25, -0.2) is 4.79 Å². The normalized spacial score (nSPS) is 12.3. The monoisotopic (exact) mass is 366 g/mol. The van der Waals surface area contributed by atoms with Crippen molar-refractivity contribution in [3.05, 3.63) is 73.7 Å². The van der Waals surface area contributed by atoms with Gasteiger partial charge in [-0.1, -0.05) is 35.3 Å². The van der Waals surface area contributed by atoms with Crippen molar-refractivity contribution < 1.29 is 9.90 Å². The molecule has 0 saturated heterocycles. The van der Waals surface area contributed by atoms with E-state index in [4.69, 9.17) is 28.3 Å². The molecule has 3 aromatic rings. The molecule has 2 aromatic heterocycles. The molecule has 2 heterocycles. The third-order valence-corrected chi connectivity index (χ3v) is 5.00. The topological polar surface area (TPSA) is 66.0 Å². The molecule has 0 radical (unpaired) electrons. The van der Waals surface area contributed by atoms with Gasteiger partial charge < -0.3 is 5.11 Å². The number of aromatic nitrogens is 2. The standard InChI is InChI=1S/C16H12Cl2N2O2S/c17-10-3-1-9(2-4-10)12(7-11-5-6-15(18)23-11)13-8-14(16(21)22)20-19-13/h1-6,8,12H,7H2,(H,19,20)(H,21,22). The van der Waals surface area contributed by atoms with Gasteiger partial charge in [0, 0.05) is 21.5 Å². The van der Waals surface area contributed by atoms with Gasteiger partial charge >= 0.3 is 5.97 Å². The van der Waals surface area contributed by atoms with Crippen LogP contribution in [0.25, 0.3) is 0 Å². The number of hydrogen-bond acceptors (Lipinski definition) is 3. The number of carbonyl (C=O) groups is 1. The first-order valence-corrected chi connectivity index (χ1v) is 8.38. The van der Waals surface area contributed by atoms with E-state index in [0.29, 0.717) is 11.4 Å². The summed E-state index contributed by atoms with van der Waals surface area (Å²) in [6.07, 6.45) is 0.695. The zero-order valence-electron chi connectivity index (χ0n) is 11.8. The Hall–Kier alpha value is -1.82. The summed E-state index contributed by atoms with van der Waals surface area (Å²) in [6.45, 7) is 0. The molecule has 0 amide bonds. The number of nitrogens with one attached hydrogen (secondary N) is 1. The predicted molar refractivity (Wildman–Crippen MR) is 91.9 cm³/mol. The van der Waals surface area contributed by atoms with Crippen molar-refractivity contribution >= 4 is 40.5 Å². The Balaban J connectivity index is 1.97. The third kappa shape index (κ3) is 3.75. The van der Waals surface area contributed by atoms with Crippen molar-refractivity contribution in [2.45, 2.75) is 12.3 Å². The average molecular weight is 367 g/mol. The number of aromatic carboxylic acids is 1. The molecule has 3 rings (SSSR count). The lowest BCUT2D eigenvalue weighted by Gasteiger charge is -2.15. The fourth-order valence-electron chi connectivity index (χ4n) is 2.39. The SMILES string of the molecule is O=C(O)c1cc(C(Cc2ccc(Cl)s2)c2ccc(Cl)cc2)[nH]n1. The molecule has 7 heteroatoms. The van der Waals surface area contributed by atoms with Crippen LogP contribution < -0.4 is 0 Å². The predicted octanol–water partition coefficient (Wildman–Crippen LogP) is 4.85. The van der Waals surface area contributed by atoms with Crippen LogP contribution in [-0.4, -0.2) is 21.3 Å². The van der Waals surface area contributed by atoms with Gasteiger partial charge in [-0.05, 0) is 42.3 Å². The number of halogens is 2. The van der Waals surface area contributed by atoms with Gasteiger partial charge in [0.05, 0.1) is 4.34 Å². The maximum absolute atomic E-state index is 11.1. The van der Waals surface area contributed by atoms with E-state index in [9.17, 15) is 4.79 Å². The van der Waals surface area contributed by atoms with Crippen LogP contribution in [0.3, 0.4) is 0 Å². The lowest BCUT2D eigenvalue weighted by molar-refractivity contribution is 0.0690. The van der Waals surface area contributed by atoms with E-state index < -0.39 is 5.97 Å². The quantitative estimate of drug-likeness (QED) is 0.677. The zero-order chi connectivity index (χ0) is 16.4. The third-order valence-electron chi connectivity index (χ3n) is 3.50. The van der Waals surface area contributed by atoms with Crippen LogP contribution in [0.15, 0.2) is 42.5 Å². The number of nitrogens with zero attached hydrogens (tertiary/aromatic N) is 1. The minimum atomic E-state index is -1.05. The summed E-state index contributed by atoms with van der Waals surface area (Å²) in [7, 11) is 0. The molecule has 1 aromatic carbocycles. The first-order valence-electron chi connectivity index (χ1n) is 6.81. The number of aromatic amines is 1. The van der Waals surface area contributed by atoms with Crippen LogP contribution >= 0.6 is 34.5 Å². The molecule has 4 nitrogen and oxygen atoms in total. The van der Waals surface area contributed by atoms with Crippen LogP contribution in [0.5, 0.6) is 0 Å². The van der Waals surface area contributed by atoms with Gasteiger partial charge in [0.15, 0.2) is 5.69 Å². The van der Waals surface area contributed by atoms with Crippen molar-refractivity contribution in [2.24, 2.45) is 0 Å². The second-order valence-electron chi connectivity index (χ2n) is 5.03. The molecular formula is C16H12Cl2N2O2S. The Labute approximate surface area is 146 Å². The number of hydrogen-bond donors (Lipinski definition) is 2. The summed E-state index contributed by atoms with van der Waals surface area (Å²) in [5, 5.41) is 16.4. The molecule has 118 valence electrons. The fraction of sp³-hybridized carbons (Fsp3) is 0.125. The second kappa shape index (κ2) is 6.74. The van der Waals surface area contributed by atoms with E-state index in [1.807, 2.05) is 36.4 Å². The molecule has 1 unspecified atom stereocenters. The van der Waals surface area contributed by atoms with Crippen LogP contribution in [0.1, 0.15) is 32.5 Å². The number of thiophene rings is 1. The van der Waals surface area contributed by atoms with E-state index in [-0.39, 0.29) is 11.6 Å². The maximum atomic E-state index is 11.1. The van der Waals surface area contributed by atoms with Crippen LogP contribution in [0.2, 0.25) is 9.36 Å². The Morgan fingerprint density at radius 3 is 2.52 bits per heavy atom. The molecule has 23 heavy (non-hydrogen) atoms. The van der Waals surface area contributed by atoms with Crippen LogP contribution in [-0.2, 0) is 6.42 Å². The Bertz CT molecular complexity index is 827. The first kappa shape index (κ1) is 16.1. The highest BCUT2D eigenvalue weighted by Gasteiger charge is 2.20. The Morgan fingerprint density at radius 2 is 1.96 bits per heavy atom. The van der Waals surface area contributed by atoms with Gasteiger partial charge in [0.1, 0.15) is 0 Å². The van der Waals surface area contributed by atoms with E-state index in [1.165, 1.54) is 11.3 Å². The summed E-state index contributed by atoms with van der Waals surface area (Å²) >= 11 is 13.5. The number of rotatable bonds is 5. The number of H-pyrrole nitrogens is 1. The summed E-state index contributed by atoms with van der Waals surface area (Å²) in [6, 6.07) is 12.9. The summed E-state index contributed by atoms with van der Waals surface area (Å²) in [5.41, 5.74) is 1.77. The smallest absolute Gasteiger partial charge is 0.356 e. The lowest BCUT2D eigenvalue weighted by Crippen LogP contribution is -2.05. The van der Waals surface area contributed by atoms with Crippen LogP contribution in [0.4, 0.5) is 0 Å². The van der Waals surface area contributed by atoms with Gasteiger partial charge in [0.2, 0.25) is 0 Å². The molecule has 0 bridgehead atoms. The van der Waals surface area contributed by atoms with Gasteiger partial charge in [-0.2, -0.15) is 5.10 Å². The van der Waals surface area contributed by atoms with Gasteiger partial charge in [0.25, 0.3) is 0 Å². The van der Waals surface area contributed by atoms with E-state index >= 15 is 0 Å². The second-order valence-corrected chi connectivity index (χ2v) is 7.26. The molecule has 0 saturated carbocycles. The van der Waals surface area contributed by atoms with Crippen LogP contribution in [0, 0.1) is 0 Å². The molecule has 2 N–H and O–H groups in total. The first-order chi connectivity index (χ1) is 11.0. The highest BCUT2D eigenvalue weighted by molar-refractivity contribution is 7.16. The molecule has 1 atom stereocenters. The van der Waals surface area contributed by atoms with Crippen molar-refractivity contribution in [3.8, 4) is 0 Å². The average Bonchev–Trinajstić information content (AvgIpc) is 3.15. The van der Waals surface area contributed by atoms with E-state index in [0.717, 1.165) is 20.5 Å². The van der Waals surface area contributed by atoms with Gasteiger partial charge in [-0.3, -0.25) is 5.10 Å². The summed E-state index contributed by atoms with van der Waals surface area (Å²) in [4.78, 5) is 12.2. The number of benzene rings is 1. The summed E-state index contributed by atoms with van der Waals surface area (Å²) in [5.74, 6) is -1.11. The van der Waals surface area contributed by atoms with E-state index in [2.05, 4.69) is 10.2 Å². The molecule has 0 aliphatic heterocycles. The molecule has 0 aliphatic carbocycles. The molecule has 0 spiro atoms. The Kier molecular flexibility index (Phi) is 4.71. The van der Waals surface area contributed by atoms with Crippen molar-refractivity contribution in [3.63, 3.8) is 0 Å². The number of carboxylic acids is 1. The minimum Gasteiger partial charge on any atom is -0.476 e. The number of carboxylic acid groups (broad SMARTS) is 1. The maximum Gasteiger partial charge on any atom is 0.356 e. The highest BCUT2D eigenvalue weighted by Crippen LogP contribution is 2.32. The van der Waals surface area contributed by atoms with Crippen molar-refractivity contribution in [1.82, 2.24) is 10.2 Å². The van der Waals surface area contributed by atoms with Crippen molar-refractivity contribution in [2.75, 3.05) is 0 Å². The Morgan fingerprint density at radius 1 is 1.22 bits per heavy atom. The van der Waals surface area contributed by atoms with E-state index in [1.54, 1.807) is 6.07 Å². The zero-order valence-corrected chi connectivity index (χ0v) is 14.1.